The van der Waals surface area contributed by atoms with Crippen molar-refractivity contribution >= 4 is 13.2 Å². The predicted octanol–water partition coefficient (Wildman–Crippen LogP) is 1.36. The molecule has 0 aliphatic heterocycles. The summed E-state index contributed by atoms with van der Waals surface area (Å²) in [5, 5.41) is 0. The highest BCUT2D eigenvalue weighted by Gasteiger charge is 2.20. The molecule has 0 fully saturated rings. The summed E-state index contributed by atoms with van der Waals surface area (Å²) in [5.74, 6) is 0.193. The van der Waals surface area contributed by atoms with Gasteiger partial charge in [0.1, 0.15) is 0 Å². The molecule has 0 saturated carbocycles. The van der Waals surface area contributed by atoms with E-state index in [9.17, 15) is 17.3 Å². The molecule has 0 amide bonds. The summed E-state index contributed by atoms with van der Waals surface area (Å²) in [7, 11) is -6.00. The molecule has 0 aromatic carbocycles. The second kappa shape index (κ2) is 7.69. The van der Waals surface area contributed by atoms with Gasteiger partial charge in [0.05, 0.1) is 0 Å². The molecule has 0 saturated heterocycles. The molecule has 4 N–H and O–H groups in total. The van der Waals surface area contributed by atoms with Gasteiger partial charge in [0.15, 0.2) is 5.96 Å². The molecule has 0 radical (unpaired) electrons. The molecule has 3 nitrogen and oxygen atoms in total. The first-order valence-electron chi connectivity index (χ1n) is 3.70. The zero-order valence-corrected chi connectivity index (χ0v) is 7.31. The molecular weight excluding hydrogens is 189 g/mol. The normalized spacial score (nSPS) is 9.92. The average Bonchev–Trinajstić information content (AvgIpc) is 1.83. The van der Waals surface area contributed by atoms with Gasteiger partial charge in [0.2, 0.25) is 0 Å². The van der Waals surface area contributed by atoms with Gasteiger partial charge >= 0.3 is 7.25 Å². The van der Waals surface area contributed by atoms with E-state index in [1.807, 2.05) is 0 Å². The summed E-state index contributed by atoms with van der Waals surface area (Å²) >= 11 is 0. The van der Waals surface area contributed by atoms with Crippen LogP contribution in [0.4, 0.5) is 17.3 Å². The van der Waals surface area contributed by atoms with E-state index in [0.29, 0.717) is 0 Å². The van der Waals surface area contributed by atoms with Crippen LogP contribution in [-0.2, 0) is 0 Å². The Kier molecular flexibility index (Phi) is 8.62. The van der Waals surface area contributed by atoms with E-state index in [1.54, 1.807) is 0 Å². The molecule has 0 bridgehead atoms. The fraction of sp³-hybridized carbons (Fsp3) is 0.800. The summed E-state index contributed by atoms with van der Waals surface area (Å²) in [4.78, 5) is 3.79. The van der Waals surface area contributed by atoms with Crippen molar-refractivity contribution in [3.8, 4) is 0 Å². The average molecular weight is 202 g/mol. The third kappa shape index (κ3) is 55.1. The zero-order valence-electron chi connectivity index (χ0n) is 7.31. The van der Waals surface area contributed by atoms with Gasteiger partial charge in [-0.05, 0) is 6.42 Å². The second-order valence-corrected chi connectivity index (χ2v) is 2.16. The number of hydrogen-bond acceptors (Lipinski definition) is 1. The number of unbranched alkanes of at least 4 members (excludes halogenated alkanes) is 1. The smallest absolute Gasteiger partial charge is 0.418 e. The number of guanidine groups is 1. The topological polar surface area (TPSA) is 64.4 Å². The Morgan fingerprint density at radius 1 is 1.23 bits per heavy atom. The first kappa shape index (κ1) is 14.6. The Balaban J connectivity index is 0. The van der Waals surface area contributed by atoms with Crippen molar-refractivity contribution in [2.75, 3.05) is 6.54 Å². The summed E-state index contributed by atoms with van der Waals surface area (Å²) < 4.78 is 39.0. The van der Waals surface area contributed by atoms with E-state index in [4.69, 9.17) is 11.5 Å². The van der Waals surface area contributed by atoms with E-state index in [0.717, 1.165) is 19.4 Å². The van der Waals surface area contributed by atoms with Crippen molar-refractivity contribution in [2.45, 2.75) is 19.8 Å². The lowest BCUT2D eigenvalue weighted by molar-refractivity contribution is 0.368. The summed E-state index contributed by atoms with van der Waals surface area (Å²) in [5.41, 5.74) is 10.1. The molecule has 0 rings (SSSR count). The van der Waals surface area contributed by atoms with Crippen LogP contribution in [0.3, 0.4) is 0 Å². The SMILES string of the molecule is CCCCN=C(N)N.F[B-](F)(F)F. The highest BCUT2D eigenvalue weighted by Crippen LogP contribution is 2.06. The lowest BCUT2D eigenvalue weighted by Gasteiger charge is -1.94. The molecule has 0 spiro atoms. The van der Waals surface area contributed by atoms with E-state index in [1.165, 1.54) is 0 Å². The maximum atomic E-state index is 9.75. The van der Waals surface area contributed by atoms with Gasteiger partial charge in [-0.3, -0.25) is 4.99 Å². The lowest BCUT2D eigenvalue weighted by atomic mass is 10.3. The Labute approximate surface area is 74.3 Å². The second-order valence-electron chi connectivity index (χ2n) is 2.16. The van der Waals surface area contributed by atoms with E-state index >= 15 is 0 Å². The van der Waals surface area contributed by atoms with Crippen molar-refractivity contribution in [1.29, 1.82) is 0 Å². The third-order valence-electron chi connectivity index (χ3n) is 0.806. The fourth-order valence-corrected chi connectivity index (χ4v) is 0.366. The highest BCUT2D eigenvalue weighted by atomic mass is 19.5. The first-order valence-corrected chi connectivity index (χ1v) is 3.70. The molecule has 0 heterocycles. The maximum absolute atomic E-state index is 9.75. The van der Waals surface area contributed by atoms with Gasteiger partial charge in [-0.2, -0.15) is 0 Å². The number of aliphatic imine (C=N–C) groups is 1. The van der Waals surface area contributed by atoms with Crippen molar-refractivity contribution in [3.63, 3.8) is 0 Å². The molecule has 0 unspecified atom stereocenters. The van der Waals surface area contributed by atoms with E-state index in [-0.39, 0.29) is 5.96 Å². The van der Waals surface area contributed by atoms with Crippen LogP contribution in [0.2, 0.25) is 0 Å². The van der Waals surface area contributed by atoms with Crippen LogP contribution in [0.25, 0.3) is 0 Å². The van der Waals surface area contributed by atoms with E-state index in [2.05, 4.69) is 11.9 Å². The number of hydrogen-bond donors (Lipinski definition) is 2. The highest BCUT2D eigenvalue weighted by molar-refractivity contribution is 6.50. The third-order valence-corrected chi connectivity index (χ3v) is 0.806. The number of halogens is 4. The molecule has 0 aromatic rings. The van der Waals surface area contributed by atoms with Crippen molar-refractivity contribution in [1.82, 2.24) is 0 Å². The van der Waals surface area contributed by atoms with Crippen LogP contribution >= 0.6 is 0 Å². The Hall–Kier alpha value is -0.945. The molecule has 0 atom stereocenters. The largest absolute Gasteiger partial charge is 0.673 e. The molecule has 13 heavy (non-hydrogen) atoms. The molecule has 0 aromatic heterocycles. The quantitative estimate of drug-likeness (QED) is 0.238. The van der Waals surface area contributed by atoms with Crippen LogP contribution in [0.5, 0.6) is 0 Å². The summed E-state index contributed by atoms with van der Waals surface area (Å²) in [6, 6.07) is 0. The Morgan fingerprint density at radius 2 is 1.62 bits per heavy atom. The van der Waals surface area contributed by atoms with Crippen LogP contribution in [0.15, 0.2) is 4.99 Å². The minimum atomic E-state index is -6.00. The minimum absolute atomic E-state index is 0.193. The van der Waals surface area contributed by atoms with Gasteiger partial charge in [0, 0.05) is 6.54 Å². The van der Waals surface area contributed by atoms with E-state index < -0.39 is 7.25 Å². The Bertz CT molecular complexity index is 137. The van der Waals surface area contributed by atoms with Crippen molar-refractivity contribution in [3.05, 3.63) is 0 Å². The van der Waals surface area contributed by atoms with Crippen LogP contribution in [-0.4, -0.2) is 19.8 Å². The van der Waals surface area contributed by atoms with Gasteiger partial charge in [-0.25, -0.2) is 0 Å². The van der Waals surface area contributed by atoms with Crippen molar-refractivity contribution in [2.24, 2.45) is 16.5 Å². The minimum Gasteiger partial charge on any atom is -0.418 e. The van der Waals surface area contributed by atoms with Crippen LogP contribution < -0.4 is 11.5 Å². The standard InChI is InChI=1S/C5H13N3.BF4/c1-2-3-4-8-5(6)7;2-1(3,4)5/h2-4H2,1H3,(H4,6,7,8);/q;-1. The summed E-state index contributed by atoms with van der Waals surface area (Å²) in [6.45, 7) is 2.86. The number of nitrogens with zero attached hydrogens (tertiary/aromatic N) is 1. The molecule has 80 valence electrons. The monoisotopic (exact) mass is 202 g/mol. The van der Waals surface area contributed by atoms with Gasteiger partial charge < -0.3 is 28.7 Å². The number of nitrogens with two attached hydrogens (primary N) is 2. The van der Waals surface area contributed by atoms with Crippen molar-refractivity contribution < 1.29 is 17.3 Å². The zero-order chi connectivity index (χ0) is 10.9. The maximum Gasteiger partial charge on any atom is 0.673 e. The fourth-order valence-electron chi connectivity index (χ4n) is 0.366. The lowest BCUT2D eigenvalue weighted by Crippen LogP contribution is -2.22. The predicted molar refractivity (Wildman–Crippen MR) is 45.8 cm³/mol. The molecule has 8 heteroatoms. The summed E-state index contributed by atoms with van der Waals surface area (Å²) in [6.07, 6.45) is 2.20. The first-order chi connectivity index (χ1) is 5.77. The molecular formula is C5H13BF4N3-. The van der Waals surface area contributed by atoms with Gasteiger partial charge in [0.25, 0.3) is 0 Å². The number of rotatable bonds is 3. The molecule has 0 aliphatic rings. The Morgan fingerprint density at radius 3 is 1.85 bits per heavy atom. The van der Waals surface area contributed by atoms with Gasteiger partial charge in [-0.1, -0.05) is 13.3 Å². The van der Waals surface area contributed by atoms with Crippen LogP contribution in [0, 0.1) is 0 Å². The van der Waals surface area contributed by atoms with Gasteiger partial charge in [-0.15, -0.1) is 0 Å². The molecule has 0 aliphatic carbocycles. The van der Waals surface area contributed by atoms with Crippen LogP contribution in [0.1, 0.15) is 19.8 Å².